The van der Waals surface area contributed by atoms with E-state index < -0.39 is 0 Å². The zero-order valence-corrected chi connectivity index (χ0v) is 13.9. The fourth-order valence-corrected chi connectivity index (χ4v) is 2.61. The van der Waals surface area contributed by atoms with Gasteiger partial charge in [0, 0.05) is 18.4 Å². The number of carbonyl (C=O) groups excluding carboxylic acids is 1. The normalized spacial score (nSPS) is 10.8. The van der Waals surface area contributed by atoms with Gasteiger partial charge in [-0.3, -0.25) is 4.79 Å². The molecule has 24 heavy (non-hydrogen) atoms. The maximum atomic E-state index is 13.3. The summed E-state index contributed by atoms with van der Waals surface area (Å²) in [6, 6.07) is 4.59. The van der Waals surface area contributed by atoms with Crippen LogP contribution in [0.2, 0.25) is 0 Å². The zero-order valence-electron chi connectivity index (χ0n) is 13.0. The van der Waals surface area contributed by atoms with Crippen LogP contribution in [0.1, 0.15) is 22.9 Å². The highest BCUT2D eigenvalue weighted by Crippen LogP contribution is 2.19. The second kappa shape index (κ2) is 6.83. The molecule has 2 aromatic heterocycles. The van der Waals surface area contributed by atoms with Crippen LogP contribution in [0.15, 0.2) is 22.7 Å². The Kier molecular flexibility index (Phi) is 4.61. The van der Waals surface area contributed by atoms with Gasteiger partial charge in [-0.15, -0.1) is 10.2 Å². The number of hydrogen-bond donors (Lipinski definition) is 1. The standard InChI is InChI=1S/C15H14FN5O2S/c1-8-7-10(3-4-11(8)16)14-18-13(23-21-14)6-5-12(22)17-15-20-19-9(2)24-15/h3-4,7H,5-6H2,1-2H3,(H,17,20,22). The van der Waals surface area contributed by atoms with Crippen LogP contribution in [-0.4, -0.2) is 26.2 Å². The number of amides is 1. The summed E-state index contributed by atoms with van der Waals surface area (Å²) in [5.74, 6) is 0.221. The van der Waals surface area contributed by atoms with Crippen LogP contribution in [0, 0.1) is 19.7 Å². The molecule has 9 heteroatoms. The molecule has 1 amide bonds. The average Bonchev–Trinajstić information content (AvgIpc) is 3.17. The van der Waals surface area contributed by atoms with Gasteiger partial charge in [-0.1, -0.05) is 16.5 Å². The fraction of sp³-hybridized carbons (Fsp3) is 0.267. The Hall–Kier alpha value is -2.68. The van der Waals surface area contributed by atoms with Crippen LogP contribution in [0.25, 0.3) is 11.4 Å². The Morgan fingerprint density at radius 1 is 1.33 bits per heavy atom. The van der Waals surface area contributed by atoms with E-state index in [1.807, 2.05) is 6.92 Å². The first-order chi connectivity index (χ1) is 11.5. The molecular formula is C15H14FN5O2S. The quantitative estimate of drug-likeness (QED) is 0.763. The number of halogens is 1. The lowest BCUT2D eigenvalue weighted by molar-refractivity contribution is -0.116. The first kappa shape index (κ1) is 16.2. The second-order valence-electron chi connectivity index (χ2n) is 5.15. The number of anilines is 1. The highest BCUT2D eigenvalue weighted by atomic mass is 32.1. The Balaban J connectivity index is 1.59. The predicted octanol–water partition coefficient (Wildman–Crippen LogP) is 2.92. The van der Waals surface area contributed by atoms with Gasteiger partial charge in [0.15, 0.2) is 0 Å². The van der Waals surface area contributed by atoms with E-state index in [0.717, 1.165) is 5.01 Å². The minimum Gasteiger partial charge on any atom is -0.339 e. The summed E-state index contributed by atoms with van der Waals surface area (Å²) >= 11 is 1.31. The van der Waals surface area contributed by atoms with Crippen LogP contribution in [0.5, 0.6) is 0 Å². The largest absolute Gasteiger partial charge is 0.339 e. The highest BCUT2D eigenvalue weighted by Gasteiger charge is 2.12. The van der Waals surface area contributed by atoms with Crippen LogP contribution < -0.4 is 5.32 Å². The summed E-state index contributed by atoms with van der Waals surface area (Å²) in [5.41, 5.74) is 1.17. The summed E-state index contributed by atoms with van der Waals surface area (Å²) in [4.78, 5) is 16.1. The first-order valence-electron chi connectivity index (χ1n) is 7.20. The lowest BCUT2D eigenvalue weighted by Gasteiger charge is -1.98. The lowest BCUT2D eigenvalue weighted by atomic mass is 10.1. The minimum atomic E-state index is -0.286. The van der Waals surface area contributed by atoms with Crippen molar-refractivity contribution >= 4 is 22.4 Å². The van der Waals surface area contributed by atoms with Gasteiger partial charge in [0.1, 0.15) is 10.8 Å². The number of hydrogen-bond acceptors (Lipinski definition) is 7. The number of nitrogens with zero attached hydrogens (tertiary/aromatic N) is 4. The lowest BCUT2D eigenvalue weighted by Crippen LogP contribution is -2.12. The SMILES string of the molecule is Cc1nnc(NC(=O)CCc2nc(-c3ccc(F)c(C)c3)no2)s1. The fourth-order valence-electron chi connectivity index (χ4n) is 2.01. The van der Waals surface area contributed by atoms with E-state index in [-0.39, 0.29) is 18.1 Å². The maximum absolute atomic E-state index is 13.3. The van der Waals surface area contributed by atoms with E-state index in [1.165, 1.54) is 17.4 Å². The number of benzene rings is 1. The molecule has 0 spiro atoms. The molecule has 0 atom stereocenters. The summed E-state index contributed by atoms with van der Waals surface area (Å²) in [6.45, 7) is 3.48. The van der Waals surface area contributed by atoms with Gasteiger partial charge in [0.05, 0.1) is 0 Å². The van der Waals surface area contributed by atoms with E-state index in [1.54, 1.807) is 19.1 Å². The molecule has 0 saturated carbocycles. The molecule has 0 fully saturated rings. The Bertz CT molecular complexity index is 876. The van der Waals surface area contributed by atoms with Crippen molar-refractivity contribution in [2.45, 2.75) is 26.7 Å². The van der Waals surface area contributed by atoms with Crippen molar-refractivity contribution in [1.29, 1.82) is 0 Å². The third-order valence-corrected chi connectivity index (χ3v) is 3.98. The molecule has 3 aromatic rings. The van der Waals surface area contributed by atoms with E-state index in [2.05, 4.69) is 25.7 Å². The van der Waals surface area contributed by atoms with Crippen molar-refractivity contribution in [2.75, 3.05) is 5.32 Å². The molecular weight excluding hydrogens is 333 g/mol. The molecule has 0 aliphatic rings. The van der Waals surface area contributed by atoms with Crippen molar-refractivity contribution in [1.82, 2.24) is 20.3 Å². The third kappa shape index (κ3) is 3.80. The summed E-state index contributed by atoms with van der Waals surface area (Å²) in [6.07, 6.45) is 0.486. The van der Waals surface area contributed by atoms with Gasteiger partial charge < -0.3 is 9.84 Å². The Morgan fingerprint density at radius 3 is 2.88 bits per heavy atom. The molecule has 0 aliphatic heterocycles. The van der Waals surface area contributed by atoms with Crippen molar-refractivity contribution in [2.24, 2.45) is 0 Å². The molecule has 7 nitrogen and oxygen atoms in total. The summed E-state index contributed by atoms with van der Waals surface area (Å²) in [7, 11) is 0. The molecule has 0 bridgehead atoms. The number of nitrogens with one attached hydrogen (secondary N) is 1. The first-order valence-corrected chi connectivity index (χ1v) is 8.02. The van der Waals surface area contributed by atoms with Crippen molar-refractivity contribution in [3.05, 3.63) is 40.5 Å². The molecule has 2 heterocycles. The monoisotopic (exact) mass is 347 g/mol. The summed E-state index contributed by atoms with van der Waals surface area (Å²) in [5, 5.41) is 15.4. The molecule has 1 N–H and O–H groups in total. The molecule has 1 aromatic carbocycles. The van der Waals surface area contributed by atoms with E-state index in [9.17, 15) is 9.18 Å². The van der Waals surface area contributed by atoms with Gasteiger partial charge >= 0.3 is 0 Å². The Labute approximate surface area is 140 Å². The molecule has 124 valence electrons. The Morgan fingerprint density at radius 2 is 2.17 bits per heavy atom. The van der Waals surface area contributed by atoms with Crippen LogP contribution >= 0.6 is 11.3 Å². The second-order valence-corrected chi connectivity index (χ2v) is 6.33. The number of carbonyl (C=O) groups is 1. The van der Waals surface area contributed by atoms with Gasteiger partial charge in [0.2, 0.25) is 22.8 Å². The number of aryl methyl sites for hydroxylation is 3. The predicted molar refractivity (Wildman–Crippen MR) is 86.0 cm³/mol. The van der Waals surface area contributed by atoms with Crippen LogP contribution in [-0.2, 0) is 11.2 Å². The topological polar surface area (TPSA) is 93.8 Å². The van der Waals surface area contributed by atoms with Crippen LogP contribution in [0.4, 0.5) is 9.52 Å². The van der Waals surface area contributed by atoms with E-state index in [0.29, 0.717) is 34.4 Å². The van der Waals surface area contributed by atoms with Gasteiger partial charge in [-0.25, -0.2) is 4.39 Å². The zero-order chi connectivity index (χ0) is 17.1. The maximum Gasteiger partial charge on any atom is 0.227 e. The summed E-state index contributed by atoms with van der Waals surface area (Å²) < 4.78 is 18.4. The van der Waals surface area contributed by atoms with E-state index >= 15 is 0 Å². The van der Waals surface area contributed by atoms with E-state index in [4.69, 9.17) is 4.52 Å². The van der Waals surface area contributed by atoms with Crippen molar-refractivity contribution < 1.29 is 13.7 Å². The molecule has 0 aliphatic carbocycles. The van der Waals surface area contributed by atoms with Crippen molar-refractivity contribution in [3.63, 3.8) is 0 Å². The number of aromatic nitrogens is 4. The average molecular weight is 347 g/mol. The minimum absolute atomic E-state index is 0.183. The van der Waals surface area contributed by atoms with Gasteiger partial charge in [-0.2, -0.15) is 4.98 Å². The van der Waals surface area contributed by atoms with Crippen molar-refractivity contribution in [3.8, 4) is 11.4 Å². The number of rotatable bonds is 5. The third-order valence-electron chi connectivity index (χ3n) is 3.22. The van der Waals surface area contributed by atoms with Gasteiger partial charge in [0.25, 0.3) is 0 Å². The molecule has 0 radical (unpaired) electrons. The molecule has 0 saturated heterocycles. The smallest absolute Gasteiger partial charge is 0.227 e. The van der Waals surface area contributed by atoms with Crippen LogP contribution in [0.3, 0.4) is 0 Å². The highest BCUT2D eigenvalue weighted by molar-refractivity contribution is 7.15. The molecule has 0 unspecified atom stereocenters. The van der Waals surface area contributed by atoms with Gasteiger partial charge in [-0.05, 0) is 37.6 Å². The molecule has 3 rings (SSSR count).